The van der Waals surface area contributed by atoms with Crippen molar-refractivity contribution < 1.29 is 10.0 Å². The number of rotatable bonds is 0. The highest BCUT2D eigenvalue weighted by Gasteiger charge is 2.24. The van der Waals surface area contributed by atoms with Crippen LogP contribution in [0.1, 0.15) is 11.1 Å². The van der Waals surface area contributed by atoms with Crippen molar-refractivity contribution in [1.29, 1.82) is 0 Å². The molecule has 0 spiro atoms. The molecule has 0 unspecified atom stereocenters. The zero-order valence-electron chi connectivity index (χ0n) is 8.47. The summed E-state index contributed by atoms with van der Waals surface area (Å²) in [5.41, 5.74) is 1.91. The number of benzene rings is 1. The molecule has 0 radical (unpaired) electrons. The zero-order chi connectivity index (χ0) is 10.8. The second-order valence-corrected chi connectivity index (χ2v) is 3.58. The monoisotopic (exact) mass is 204 g/mol. The maximum atomic E-state index is 11.8. The SMILES string of the molecule is CN1CCc2ccccc2/C(=N\O)C1=O. The van der Waals surface area contributed by atoms with E-state index in [4.69, 9.17) is 5.21 Å². The van der Waals surface area contributed by atoms with Gasteiger partial charge in [-0.2, -0.15) is 0 Å². The number of oxime groups is 1. The van der Waals surface area contributed by atoms with Crippen LogP contribution in [0.25, 0.3) is 0 Å². The Balaban J connectivity index is 2.56. The van der Waals surface area contributed by atoms with Gasteiger partial charge < -0.3 is 10.1 Å². The third kappa shape index (κ3) is 1.58. The van der Waals surface area contributed by atoms with Gasteiger partial charge in [-0.3, -0.25) is 4.79 Å². The van der Waals surface area contributed by atoms with Crippen LogP contribution in [0.4, 0.5) is 0 Å². The first-order valence-corrected chi connectivity index (χ1v) is 4.80. The topological polar surface area (TPSA) is 52.9 Å². The van der Waals surface area contributed by atoms with Crippen LogP contribution in [0.5, 0.6) is 0 Å². The Bertz CT molecular complexity index is 426. The van der Waals surface area contributed by atoms with Crippen molar-refractivity contribution in [2.45, 2.75) is 6.42 Å². The van der Waals surface area contributed by atoms with Crippen molar-refractivity contribution in [2.24, 2.45) is 5.16 Å². The number of hydrogen-bond donors (Lipinski definition) is 1. The van der Waals surface area contributed by atoms with E-state index in [1.54, 1.807) is 18.0 Å². The van der Waals surface area contributed by atoms with Gasteiger partial charge in [-0.05, 0) is 12.0 Å². The summed E-state index contributed by atoms with van der Waals surface area (Å²) in [7, 11) is 1.71. The van der Waals surface area contributed by atoms with E-state index in [2.05, 4.69) is 5.16 Å². The Morgan fingerprint density at radius 3 is 2.87 bits per heavy atom. The minimum absolute atomic E-state index is 0.130. The molecule has 15 heavy (non-hydrogen) atoms. The van der Waals surface area contributed by atoms with Crippen molar-refractivity contribution in [3.05, 3.63) is 35.4 Å². The van der Waals surface area contributed by atoms with Gasteiger partial charge in [0, 0.05) is 19.2 Å². The first-order valence-electron chi connectivity index (χ1n) is 4.80. The van der Waals surface area contributed by atoms with Gasteiger partial charge in [0.05, 0.1) is 0 Å². The number of likely N-dealkylation sites (N-methyl/N-ethyl adjacent to an activating group) is 1. The van der Waals surface area contributed by atoms with E-state index in [0.29, 0.717) is 6.54 Å². The molecular weight excluding hydrogens is 192 g/mol. The van der Waals surface area contributed by atoms with E-state index in [9.17, 15) is 4.79 Å². The van der Waals surface area contributed by atoms with Gasteiger partial charge >= 0.3 is 0 Å². The number of carbonyl (C=O) groups is 1. The molecule has 4 heteroatoms. The van der Waals surface area contributed by atoms with Crippen LogP contribution in [-0.2, 0) is 11.2 Å². The molecule has 4 nitrogen and oxygen atoms in total. The Morgan fingerprint density at radius 2 is 2.13 bits per heavy atom. The van der Waals surface area contributed by atoms with Crippen LogP contribution >= 0.6 is 0 Å². The van der Waals surface area contributed by atoms with Crippen molar-refractivity contribution in [2.75, 3.05) is 13.6 Å². The molecule has 1 N–H and O–H groups in total. The molecule has 78 valence electrons. The van der Waals surface area contributed by atoms with E-state index in [0.717, 1.165) is 17.5 Å². The molecule has 0 saturated carbocycles. The third-order valence-electron chi connectivity index (χ3n) is 2.64. The highest BCUT2D eigenvalue weighted by Crippen LogP contribution is 2.16. The Morgan fingerprint density at radius 1 is 1.40 bits per heavy atom. The third-order valence-corrected chi connectivity index (χ3v) is 2.64. The highest BCUT2D eigenvalue weighted by atomic mass is 16.4. The van der Waals surface area contributed by atoms with Crippen molar-refractivity contribution in [3.63, 3.8) is 0 Å². The van der Waals surface area contributed by atoms with Gasteiger partial charge in [-0.25, -0.2) is 0 Å². The summed E-state index contributed by atoms with van der Waals surface area (Å²) in [5, 5.41) is 12.0. The average Bonchev–Trinajstić information content (AvgIpc) is 2.38. The first kappa shape index (κ1) is 9.71. The standard InChI is InChI=1S/C11H12N2O2/c1-13-7-6-8-4-2-3-5-9(8)10(12-15)11(13)14/h2-5,15H,6-7H2,1H3/b12-10+. The van der Waals surface area contributed by atoms with Crippen LogP contribution in [0.2, 0.25) is 0 Å². The molecule has 0 bridgehead atoms. The molecular formula is C11H12N2O2. The lowest BCUT2D eigenvalue weighted by Gasteiger charge is -2.12. The molecule has 1 aliphatic heterocycles. The molecule has 1 aliphatic rings. The first-order chi connectivity index (χ1) is 7.24. The molecule has 0 fully saturated rings. The summed E-state index contributed by atoms with van der Waals surface area (Å²) in [6.07, 6.45) is 0.789. The van der Waals surface area contributed by atoms with Crippen LogP contribution in [0, 0.1) is 0 Å². The molecule has 0 atom stereocenters. The summed E-state index contributed by atoms with van der Waals surface area (Å²) < 4.78 is 0. The highest BCUT2D eigenvalue weighted by molar-refractivity contribution is 6.45. The molecule has 2 rings (SSSR count). The summed E-state index contributed by atoms with van der Waals surface area (Å²) in [5.74, 6) is -0.234. The summed E-state index contributed by atoms with van der Waals surface area (Å²) in [4.78, 5) is 13.3. The fourth-order valence-corrected chi connectivity index (χ4v) is 1.75. The fourth-order valence-electron chi connectivity index (χ4n) is 1.75. The maximum absolute atomic E-state index is 11.8. The Labute approximate surface area is 87.8 Å². The predicted molar refractivity (Wildman–Crippen MR) is 56.1 cm³/mol. The number of carbonyl (C=O) groups excluding carboxylic acids is 1. The predicted octanol–water partition coefficient (Wildman–Crippen LogP) is 0.879. The smallest absolute Gasteiger partial charge is 0.276 e. The van der Waals surface area contributed by atoms with Crippen LogP contribution in [0.15, 0.2) is 29.4 Å². The van der Waals surface area contributed by atoms with Crippen molar-refractivity contribution in [3.8, 4) is 0 Å². The number of nitrogens with zero attached hydrogens (tertiary/aromatic N) is 2. The normalized spacial score (nSPS) is 18.9. The van der Waals surface area contributed by atoms with Gasteiger partial charge in [-0.1, -0.05) is 29.4 Å². The van der Waals surface area contributed by atoms with E-state index < -0.39 is 0 Å². The number of amides is 1. The van der Waals surface area contributed by atoms with Gasteiger partial charge in [0.1, 0.15) is 0 Å². The molecule has 1 aromatic carbocycles. The number of hydrogen-bond acceptors (Lipinski definition) is 3. The van der Waals surface area contributed by atoms with E-state index in [-0.39, 0.29) is 11.6 Å². The number of fused-ring (bicyclic) bond motifs is 1. The Kier molecular flexibility index (Phi) is 2.41. The van der Waals surface area contributed by atoms with Gasteiger partial charge in [0.15, 0.2) is 5.71 Å². The molecule has 0 aromatic heterocycles. The van der Waals surface area contributed by atoms with Crippen LogP contribution in [0.3, 0.4) is 0 Å². The zero-order valence-corrected chi connectivity index (χ0v) is 8.47. The Hall–Kier alpha value is -1.84. The lowest BCUT2D eigenvalue weighted by molar-refractivity contribution is -0.122. The van der Waals surface area contributed by atoms with Gasteiger partial charge in [0.25, 0.3) is 5.91 Å². The minimum Gasteiger partial charge on any atom is -0.410 e. The fraction of sp³-hybridized carbons (Fsp3) is 0.273. The van der Waals surface area contributed by atoms with Crippen LogP contribution in [-0.4, -0.2) is 35.3 Å². The lowest BCUT2D eigenvalue weighted by Crippen LogP contribution is -2.32. The summed E-state index contributed by atoms with van der Waals surface area (Å²) in [6, 6.07) is 7.51. The largest absolute Gasteiger partial charge is 0.410 e. The average molecular weight is 204 g/mol. The van der Waals surface area contributed by atoms with E-state index in [1.807, 2.05) is 18.2 Å². The van der Waals surface area contributed by atoms with Crippen molar-refractivity contribution in [1.82, 2.24) is 4.90 Å². The van der Waals surface area contributed by atoms with E-state index in [1.165, 1.54) is 0 Å². The van der Waals surface area contributed by atoms with Gasteiger partial charge in [-0.15, -0.1) is 0 Å². The second kappa shape index (κ2) is 3.73. The quantitative estimate of drug-likeness (QED) is 0.504. The molecule has 1 heterocycles. The summed E-state index contributed by atoms with van der Waals surface area (Å²) >= 11 is 0. The minimum atomic E-state index is -0.234. The van der Waals surface area contributed by atoms with Gasteiger partial charge in [0.2, 0.25) is 0 Å². The maximum Gasteiger partial charge on any atom is 0.276 e. The molecule has 0 aliphatic carbocycles. The molecule has 0 saturated heterocycles. The summed E-state index contributed by atoms with van der Waals surface area (Å²) in [6.45, 7) is 0.648. The lowest BCUT2D eigenvalue weighted by atomic mass is 10.0. The molecule has 1 aromatic rings. The second-order valence-electron chi connectivity index (χ2n) is 3.58. The van der Waals surface area contributed by atoms with E-state index >= 15 is 0 Å². The van der Waals surface area contributed by atoms with Crippen LogP contribution < -0.4 is 0 Å². The molecule has 1 amide bonds. The van der Waals surface area contributed by atoms with Crippen molar-refractivity contribution >= 4 is 11.6 Å².